The molecule has 1 aliphatic carbocycles. The van der Waals surface area contributed by atoms with Crippen LogP contribution >= 0.6 is 0 Å². The van der Waals surface area contributed by atoms with E-state index in [1.165, 1.54) is 42.4 Å². The molecule has 0 aliphatic heterocycles. The smallest absolute Gasteiger partial charge is 0.224 e. The number of carbonyl (C=O) groups is 1. The van der Waals surface area contributed by atoms with E-state index < -0.39 is 0 Å². The van der Waals surface area contributed by atoms with Crippen LogP contribution in [0.3, 0.4) is 0 Å². The number of amides is 1. The third-order valence-corrected chi connectivity index (χ3v) is 4.34. The highest BCUT2D eigenvalue weighted by molar-refractivity contribution is 5.78. The van der Waals surface area contributed by atoms with Gasteiger partial charge in [-0.2, -0.15) is 0 Å². The molecular weight excluding hydrogens is 272 g/mol. The van der Waals surface area contributed by atoms with Crippen LogP contribution < -0.4 is 5.32 Å². The van der Waals surface area contributed by atoms with Crippen molar-refractivity contribution in [2.24, 2.45) is 0 Å². The zero-order chi connectivity index (χ0) is 15.4. The Labute approximate surface area is 131 Å². The topological polar surface area (TPSA) is 42.0 Å². The van der Waals surface area contributed by atoms with E-state index in [0.29, 0.717) is 6.42 Å². The average molecular weight is 294 g/mol. The van der Waals surface area contributed by atoms with Crippen molar-refractivity contribution in [3.8, 4) is 0 Å². The van der Waals surface area contributed by atoms with Crippen LogP contribution in [0.5, 0.6) is 0 Å². The number of hydrogen-bond donors (Lipinski definition) is 1. The van der Waals surface area contributed by atoms with Gasteiger partial charge in [0.15, 0.2) is 0 Å². The maximum absolute atomic E-state index is 12.1. The number of carbonyl (C=O) groups excluding carboxylic acids is 1. The molecular formula is C19H22N2O. The van der Waals surface area contributed by atoms with Crippen molar-refractivity contribution in [2.45, 2.75) is 45.1 Å². The Morgan fingerprint density at radius 2 is 2.05 bits per heavy atom. The summed E-state index contributed by atoms with van der Waals surface area (Å²) in [6.07, 6.45) is 8.77. The highest BCUT2D eigenvalue weighted by atomic mass is 16.1. The summed E-state index contributed by atoms with van der Waals surface area (Å²) in [5, 5.41) is 3.08. The van der Waals surface area contributed by atoms with Crippen molar-refractivity contribution < 1.29 is 4.79 Å². The highest BCUT2D eigenvalue weighted by Crippen LogP contribution is 2.24. The third-order valence-electron chi connectivity index (χ3n) is 4.34. The van der Waals surface area contributed by atoms with Gasteiger partial charge in [0, 0.05) is 12.4 Å². The van der Waals surface area contributed by atoms with Gasteiger partial charge >= 0.3 is 0 Å². The Bertz CT molecular complexity index is 652. The monoisotopic (exact) mass is 294 g/mol. The summed E-state index contributed by atoms with van der Waals surface area (Å²) in [6.45, 7) is 2.05. The number of hydrogen-bond acceptors (Lipinski definition) is 2. The molecule has 0 spiro atoms. The van der Waals surface area contributed by atoms with Crippen molar-refractivity contribution >= 4 is 5.91 Å². The molecule has 1 heterocycles. The predicted octanol–water partition coefficient (Wildman–Crippen LogP) is 3.38. The van der Waals surface area contributed by atoms with Gasteiger partial charge in [0.25, 0.3) is 0 Å². The number of benzene rings is 1. The number of nitrogens with one attached hydrogen (secondary N) is 1. The Morgan fingerprint density at radius 1 is 1.23 bits per heavy atom. The first kappa shape index (κ1) is 14.8. The van der Waals surface area contributed by atoms with Gasteiger partial charge in [0.1, 0.15) is 0 Å². The lowest BCUT2D eigenvalue weighted by atomic mass is 9.89. The molecule has 2 aromatic rings. The standard InChI is InChI=1S/C19H22N2O/c1-14(21-19(22)11-15-5-4-10-20-13-15)17-9-8-16-6-2-3-7-18(16)12-17/h4-5,8-10,12-14H,2-3,6-7,11H2,1H3,(H,21,22)/t14-/m1/s1. The molecule has 3 nitrogen and oxygen atoms in total. The van der Waals surface area contributed by atoms with Gasteiger partial charge in [0.05, 0.1) is 12.5 Å². The van der Waals surface area contributed by atoms with Gasteiger partial charge in [-0.3, -0.25) is 9.78 Å². The van der Waals surface area contributed by atoms with E-state index in [9.17, 15) is 4.79 Å². The van der Waals surface area contributed by atoms with Gasteiger partial charge in [-0.05, 0) is 60.9 Å². The lowest BCUT2D eigenvalue weighted by Gasteiger charge is -2.20. The first-order valence-corrected chi connectivity index (χ1v) is 8.02. The fourth-order valence-electron chi connectivity index (χ4n) is 3.09. The Kier molecular flexibility index (Phi) is 4.52. The number of fused-ring (bicyclic) bond motifs is 1. The Balaban J connectivity index is 1.64. The minimum absolute atomic E-state index is 0.0383. The average Bonchev–Trinajstić information content (AvgIpc) is 2.55. The molecule has 114 valence electrons. The summed E-state index contributed by atoms with van der Waals surface area (Å²) in [7, 11) is 0. The molecule has 1 aliphatic rings. The molecule has 0 saturated heterocycles. The first-order chi connectivity index (χ1) is 10.7. The molecule has 1 atom stereocenters. The predicted molar refractivity (Wildman–Crippen MR) is 87.6 cm³/mol. The summed E-state index contributed by atoms with van der Waals surface area (Å²) in [5.41, 5.74) is 5.07. The molecule has 1 amide bonds. The van der Waals surface area contributed by atoms with E-state index in [0.717, 1.165) is 5.56 Å². The molecule has 1 aromatic heterocycles. The summed E-state index contributed by atoms with van der Waals surface area (Å²) >= 11 is 0. The number of pyridine rings is 1. The number of nitrogens with zero attached hydrogens (tertiary/aromatic N) is 1. The normalized spacial score (nSPS) is 15.0. The SMILES string of the molecule is C[C@@H](NC(=O)Cc1cccnc1)c1ccc2c(c1)CCCC2. The van der Waals surface area contributed by atoms with Gasteiger partial charge in [-0.1, -0.05) is 24.3 Å². The van der Waals surface area contributed by atoms with Crippen molar-refractivity contribution in [1.29, 1.82) is 0 Å². The zero-order valence-electron chi connectivity index (χ0n) is 13.0. The fraction of sp³-hybridized carbons (Fsp3) is 0.368. The Morgan fingerprint density at radius 3 is 2.82 bits per heavy atom. The molecule has 0 saturated carbocycles. The molecule has 3 rings (SSSR count). The summed E-state index contributed by atoms with van der Waals surface area (Å²) in [5.74, 6) is 0.0400. The van der Waals surface area contributed by atoms with Crippen LogP contribution in [0.2, 0.25) is 0 Å². The van der Waals surface area contributed by atoms with E-state index >= 15 is 0 Å². The van der Waals surface area contributed by atoms with Crippen LogP contribution in [0, 0.1) is 0 Å². The van der Waals surface area contributed by atoms with E-state index in [1.54, 1.807) is 12.4 Å². The van der Waals surface area contributed by atoms with Crippen molar-refractivity contribution in [3.05, 3.63) is 65.0 Å². The van der Waals surface area contributed by atoms with E-state index in [4.69, 9.17) is 0 Å². The lowest BCUT2D eigenvalue weighted by molar-refractivity contribution is -0.121. The van der Waals surface area contributed by atoms with E-state index in [2.05, 4.69) is 28.5 Å². The number of aromatic nitrogens is 1. The zero-order valence-corrected chi connectivity index (χ0v) is 13.0. The first-order valence-electron chi connectivity index (χ1n) is 8.02. The Hall–Kier alpha value is -2.16. The van der Waals surface area contributed by atoms with Crippen molar-refractivity contribution in [1.82, 2.24) is 10.3 Å². The second-order valence-electron chi connectivity index (χ2n) is 6.06. The molecule has 0 bridgehead atoms. The molecule has 3 heteroatoms. The molecule has 0 radical (unpaired) electrons. The largest absolute Gasteiger partial charge is 0.349 e. The minimum Gasteiger partial charge on any atom is -0.349 e. The van der Waals surface area contributed by atoms with Gasteiger partial charge in [-0.25, -0.2) is 0 Å². The number of aryl methyl sites for hydroxylation is 2. The number of rotatable bonds is 4. The van der Waals surface area contributed by atoms with Gasteiger partial charge in [-0.15, -0.1) is 0 Å². The van der Waals surface area contributed by atoms with Crippen molar-refractivity contribution in [2.75, 3.05) is 0 Å². The second kappa shape index (κ2) is 6.73. The summed E-state index contributed by atoms with van der Waals surface area (Å²) in [6, 6.07) is 10.5. The molecule has 0 unspecified atom stereocenters. The second-order valence-corrected chi connectivity index (χ2v) is 6.06. The van der Waals surface area contributed by atoms with E-state index in [-0.39, 0.29) is 11.9 Å². The quantitative estimate of drug-likeness (QED) is 0.939. The fourth-order valence-corrected chi connectivity index (χ4v) is 3.09. The highest BCUT2D eigenvalue weighted by Gasteiger charge is 2.14. The summed E-state index contributed by atoms with van der Waals surface area (Å²) in [4.78, 5) is 16.2. The van der Waals surface area contributed by atoms with Gasteiger partial charge in [0.2, 0.25) is 5.91 Å². The van der Waals surface area contributed by atoms with Crippen LogP contribution in [-0.4, -0.2) is 10.9 Å². The van der Waals surface area contributed by atoms with Crippen LogP contribution in [0.15, 0.2) is 42.7 Å². The van der Waals surface area contributed by atoms with Gasteiger partial charge < -0.3 is 5.32 Å². The summed E-state index contributed by atoms with van der Waals surface area (Å²) < 4.78 is 0. The maximum Gasteiger partial charge on any atom is 0.224 e. The minimum atomic E-state index is 0.0383. The van der Waals surface area contributed by atoms with E-state index in [1.807, 2.05) is 19.1 Å². The van der Waals surface area contributed by atoms with Crippen LogP contribution in [0.1, 0.15) is 48.1 Å². The van der Waals surface area contributed by atoms with Crippen LogP contribution in [-0.2, 0) is 24.1 Å². The molecule has 1 aromatic carbocycles. The third kappa shape index (κ3) is 3.53. The van der Waals surface area contributed by atoms with Crippen LogP contribution in [0.25, 0.3) is 0 Å². The van der Waals surface area contributed by atoms with Crippen molar-refractivity contribution in [3.63, 3.8) is 0 Å². The molecule has 22 heavy (non-hydrogen) atoms. The lowest BCUT2D eigenvalue weighted by Crippen LogP contribution is -2.28. The molecule has 1 N–H and O–H groups in total. The van der Waals surface area contributed by atoms with Crippen LogP contribution in [0.4, 0.5) is 0 Å². The molecule has 0 fully saturated rings. The maximum atomic E-state index is 12.1.